The highest BCUT2D eigenvalue weighted by atomic mass is 32.2. The van der Waals surface area contributed by atoms with Crippen molar-refractivity contribution in [2.75, 3.05) is 13.2 Å². The lowest BCUT2D eigenvalue weighted by atomic mass is 9.98. The SMILES string of the molecule is CC(=O)OC[C@H]1O[C@@H](Oc2ccccc2O)[C@H](OC(C)=O)[C@@H](OC(C)=O)[C@H]1OC(C)=O.CC(=O)OC[C@H]1O[C@@H](Oc2ccccc2OS(=O)(=O)n2ccnc2)[C@H](OC(C)=O)[C@@H](OC(C)=O)[C@H]1OC(C)=O. The molecule has 1 N–H and O–H groups in total. The fraction of sp³-hybridized carbons (Fsp3) is 0.465. The predicted molar refractivity (Wildman–Crippen MR) is 227 cm³/mol. The summed E-state index contributed by atoms with van der Waals surface area (Å²) in [6.45, 7) is 8.06. The summed E-state index contributed by atoms with van der Waals surface area (Å²) in [5, 5.41) is 10.0. The van der Waals surface area contributed by atoms with Crippen molar-refractivity contribution in [3.63, 3.8) is 0 Å². The number of nitrogens with zero attached hydrogens (tertiary/aromatic N) is 2. The van der Waals surface area contributed by atoms with Crippen LogP contribution in [0.3, 0.4) is 0 Å². The van der Waals surface area contributed by atoms with Crippen LogP contribution < -0.4 is 13.7 Å². The molecular formula is C43H50N2O24S. The number of phenols is 1. The minimum absolute atomic E-state index is 0.0107. The quantitative estimate of drug-likeness (QED) is 0.147. The van der Waals surface area contributed by atoms with Crippen LogP contribution in [0.4, 0.5) is 0 Å². The highest BCUT2D eigenvalue weighted by Crippen LogP contribution is 2.36. The van der Waals surface area contributed by atoms with Crippen molar-refractivity contribution < 1.29 is 113 Å². The summed E-state index contributed by atoms with van der Waals surface area (Å²) in [7, 11) is -4.38. The highest BCUT2D eigenvalue weighted by Gasteiger charge is 2.55. The highest BCUT2D eigenvalue weighted by molar-refractivity contribution is 7.85. The molecule has 26 nitrogen and oxygen atoms in total. The summed E-state index contributed by atoms with van der Waals surface area (Å²) >= 11 is 0. The topological polar surface area (TPSA) is 329 Å². The van der Waals surface area contributed by atoms with E-state index in [-0.39, 0.29) is 29.6 Å². The van der Waals surface area contributed by atoms with E-state index < -0.39 is 126 Å². The van der Waals surface area contributed by atoms with E-state index in [1.807, 2.05) is 0 Å². The van der Waals surface area contributed by atoms with Crippen LogP contribution in [-0.2, 0) is 96.0 Å². The third-order valence-corrected chi connectivity index (χ3v) is 10.2. The molecule has 5 rings (SSSR count). The zero-order valence-corrected chi connectivity index (χ0v) is 39.5. The Hall–Kier alpha value is -7.52. The van der Waals surface area contributed by atoms with Gasteiger partial charge in [-0.15, -0.1) is 0 Å². The van der Waals surface area contributed by atoms with Gasteiger partial charge in [0, 0.05) is 67.8 Å². The largest absolute Gasteiger partial charge is 0.504 e. The van der Waals surface area contributed by atoms with Gasteiger partial charge in [0.2, 0.25) is 24.8 Å². The Morgan fingerprint density at radius 1 is 0.529 bits per heavy atom. The van der Waals surface area contributed by atoms with Crippen molar-refractivity contribution in [2.45, 2.75) is 117 Å². The molecule has 0 amide bonds. The average Bonchev–Trinajstić information content (AvgIpc) is 3.81. The van der Waals surface area contributed by atoms with E-state index in [1.165, 1.54) is 49.5 Å². The van der Waals surface area contributed by atoms with Gasteiger partial charge in [-0.3, -0.25) is 38.4 Å². The summed E-state index contributed by atoms with van der Waals surface area (Å²) in [6.07, 6.45) is -10.4. The van der Waals surface area contributed by atoms with Crippen LogP contribution in [0.2, 0.25) is 0 Å². The van der Waals surface area contributed by atoms with Gasteiger partial charge in [0.1, 0.15) is 31.7 Å². The number of aromatic hydroxyl groups is 1. The molecule has 10 atom stereocenters. The molecule has 1 aromatic heterocycles. The fourth-order valence-electron chi connectivity index (χ4n) is 6.53. The zero-order chi connectivity index (χ0) is 51.9. The van der Waals surface area contributed by atoms with Crippen molar-refractivity contribution in [3.05, 3.63) is 67.3 Å². The van der Waals surface area contributed by atoms with Crippen LogP contribution in [-0.4, -0.2) is 145 Å². The summed E-state index contributed by atoms with van der Waals surface area (Å²) < 4.78 is 96.2. The molecule has 0 saturated carbocycles. The first-order chi connectivity index (χ1) is 32.9. The van der Waals surface area contributed by atoms with Crippen molar-refractivity contribution in [1.82, 2.24) is 8.96 Å². The Morgan fingerprint density at radius 2 is 0.900 bits per heavy atom. The van der Waals surface area contributed by atoms with Crippen molar-refractivity contribution in [2.24, 2.45) is 0 Å². The molecule has 2 aliphatic heterocycles. The fourth-order valence-corrected chi connectivity index (χ4v) is 7.35. The van der Waals surface area contributed by atoms with Crippen LogP contribution in [0.15, 0.2) is 67.3 Å². The van der Waals surface area contributed by atoms with Gasteiger partial charge in [0.15, 0.2) is 47.4 Å². The zero-order valence-electron chi connectivity index (χ0n) is 38.7. The average molecular weight is 1010 g/mol. The number of carbonyl (C=O) groups is 8. The third-order valence-electron chi connectivity index (χ3n) is 9.03. The first kappa shape index (κ1) is 55.1. The lowest BCUT2D eigenvalue weighted by molar-refractivity contribution is -0.288. The first-order valence-corrected chi connectivity index (χ1v) is 22.1. The van der Waals surface area contributed by atoms with E-state index in [1.54, 1.807) is 12.1 Å². The van der Waals surface area contributed by atoms with Gasteiger partial charge in [0.05, 0.1) is 0 Å². The number of hydrogen-bond donors (Lipinski definition) is 1. The molecule has 27 heteroatoms. The van der Waals surface area contributed by atoms with E-state index in [4.69, 9.17) is 61.0 Å². The van der Waals surface area contributed by atoms with E-state index in [2.05, 4.69) is 4.98 Å². The van der Waals surface area contributed by atoms with Crippen LogP contribution in [0.5, 0.6) is 23.0 Å². The van der Waals surface area contributed by atoms with Crippen LogP contribution >= 0.6 is 0 Å². The van der Waals surface area contributed by atoms with Gasteiger partial charge in [0.25, 0.3) is 0 Å². The molecule has 382 valence electrons. The third kappa shape index (κ3) is 16.3. The normalized spacial score (nSPS) is 23.8. The van der Waals surface area contributed by atoms with Crippen molar-refractivity contribution in [3.8, 4) is 23.0 Å². The molecule has 2 fully saturated rings. The molecule has 70 heavy (non-hydrogen) atoms. The van der Waals surface area contributed by atoms with E-state index in [0.717, 1.165) is 65.0 Å². The second-order valence-corrected chi connectivity index (χ2v) is 16.2. The number of imidazole rings is 1. The Kier molecular flexibility index (Phi) is 19.8. The lowest BCUT2D eigenvalue weighted by Crippen LogP contribution is -2.63. The van der Waals surface area contributed by atoms with Crippen LogP contribution in [0.1, 0.15) is 55.4 Å². The second-order valence-electron chi connectivity index (χ2n) is 14.7. The van der Waals surface area contributed by atoms with Gasteiger partial charge in [-0.2, -0.15) is 8.42 Å². The van der Waals surface area contributed by atoms with Gasteiger partial charge in [-0.25, -0.2) is 8.96 Å². The molecule has 0 radical (unpaired) electrons. The molecule has 0 unspecified atom stereocenters. The number of rotatable bonds is 17. The van der Waals surface area contributed by atoms with Crippen molar-refractivity contribution >= 4 is 58.1 Å². The molecule has 3 heterocycles. The monoisotopic (exact) mass is 1010 g/mol. The van der Waals surface area contributed by atoms with Gasteiger partial charge < -0.3 is 66.1 Å². The molecule has 0 spiro atoms. The molecular weight excluding hydrogens is 961 g/mol. The number of phenolic OH excluding ortho intramolecular Hbond substituents is 1. The molecule has 0 aliphatic carbocycles. The maximum absolute atomic E-state index is 12.6. The maximum Gasteiger partial charge on any atom is 0.414 e. The number of aromatic nitrogens is 2. The maximum atomic E-state index is 12.6. The molecule has 3 aromatic rings. The van der Waals surface area contributed by atoms with Crippen LogP contribution in [0, 0.1) is 0 Å². The van der Waals surface area contributed by atoms with Crippen LogP contribution in [0.25, 0.3) is 0 Å². The summed E-state index contributed by atoms with van der Waals surface area (Å²) in [4.78, 5) is 97.4. The number of hydrogen-bond acceptors (Lipinski definition) is 25. The smallest absolute Gasteiger partial charge is 0.414 e. The van der Waals surface area contributed by atoms with Gasteiger partial charge >= 0.3 is 58.1 Å². The van der Waals surface area contributed by atoms with Gasteiger partial charge in [-0.1, -0.05) is 24.3 Å². The Bertz CT molecular complexity index is 2440. The minimum Gasteiger partial charge on any atom is -0.504 e. The summed E-state index contributed by atoms with van der Waals surface area (Å²) in [5.74, 6) is -6.71. The number of esters is 8. The molecule has 0 bridgehead atoms. The number of benzene rings is 2. The second kappa shape index (κ2) is 25.2. The summed E-state index contributed by atoms with van der Waals surface area (Å²) in [5.41, 5.74) is 0. The van der Waals surface area contributed by atoms with E-state index in [0.29, 0.717) is 0 Å². The number of ether oxygens (including phenoxy) is 12. The first-order valence-electron chi connectivity index (χ1n) is 20.7. The Balaban J connectivity index is 0.000000313. The van der Waals surface area contributed by atoms with E-state index in [9.17, 15) is 51.9 Å². The van der Waals surface area contributed by atoms with Crippen molar-refractivity contribution in [1.29, 1.82) is 0 Å². The number of carbonyl (C=O) groups excluding carboxylic acids is 8. The summed E-state index contributed by atoms with van der Waals surface area (Å²) in [6, 6.07) is 11.5. The number of para-hydroxylation sites is 4. The molecule has 2 saturated heterocycles. The van der Waals surface area contributed by atoms with Gasteiger partial charge in [-0.05, 0) is 24.3 Å². The Labute approximate surface area is 399 Å². The van der Waals surface area contributed by atoms with E-state index >= 15 is 0 Å². The molecule has 2 aliphatic rings. The standard InChI is InChI=1S/C23H26N2O13S.C20H24O11/c1-13(26)32-11-19-20(33-14(2)27)21(34-15(3)28)22(35-16(4)29)23(37-19)36-17-7-5-6-8-18(17)38-39(30,31)25-10-9-24-12-25;1-10(21)26-9-16-17(27-11(2)22)18(28-12(3)23)19(29-13(4)24)20(31-16)30-15-8-6-5-7-14(15)25/h5-10,12,19-23H,11H2,1-4H3;5-8,16-20,25H,9H2,1-4H3/t19-,20+,21+,22-,23-;16-,17+,18+,19-,20-/m11/s1. The predicted octanol–water partition coefficient (Wildman–Crippen LogP) is 1.37. The molecule has 2 aromatic carbocycles. The minimum atomic E-state index is -4.38. The Morgan fingerprint density at radius 3 is 1.29 bits per heavy atom. The lowest BCUT2D eigenvalue weighted by Gasteiger charge is -2.43.